The van der Waals surface area contributed by atoms with E-state index in [0.29, 0.717) is 31.5 Å². The van der Waals surface area contributed by atoms with Crippen molar-refractivity contribution in [3.05, 3.63) is 65.7 Å². The molecule has 198 valence electrons. The molecule has 0 saturated carbocycles. The van der Waals surface area contributed by atoms with Crippen LogP contribution in [0.15, 0.2) is 54.6 Å². The quantitative estimate of drug-likeness (QED) is 0.406. The number of benzene rings is 2. The van der Waals surface area contributed by atoms with Crippen LogP contribution in [0.2, 0.25) is 0 Å². The number of rotatable bonds is 14. The zero-order valence-corrected chi connectivity index (χ0v) is 23.1. The van der Waals surface area contributed by atoms with E-state index in [4.69, 9.17) is 0 Å². The lowest BCUT2D eigenvalue weighted by Crippen LogP contribution is -2.51. The fourth-order valence-corrected chi connectivity index (χ4v) is 5.19. The van der Waals surface area contributed by atoms with Gasteiger partial charge in [0, 0.05) is 25.6 Å². The highest BCUT2D eigenvalue weighted by molar-refractivity contribution is 7.92. The van der Waals surface area contributed by atoms with Crippen molar-refractivity contribution in [2.75, 3.05) is 23.7 Å². The molecule has 1 N–H and O–H groups in total. The molecule has 0 saturated heterocycles. The van der Waals surface area contributed by atoms with Crippen LogP contribution in [0, 0.1) is 6.92 Å². The number of sulfonamides is 1. The minimum absolute atomic E-state index is 0.0232. The maximum Gasteiger partial charge on any atom is 0.243 e. The molecule has 2 unspecified atom stereocenters. The van der Waals surface area contributed by atoms with Gasteiger partial charge in [-0.15, -0.1) is 0 Å². The Hall–Kier alpha value is -2.87. The maximum absolute atomic E-state index is 13.4. The molecular weight excluding hydrogens is 474 g/mol. The summed E-state index contributed by atoms with van der Waals surface area (Å²) in [6.45, 7) is 8.35. The standard InChI is InChI=1S/C28H41N3O4S/c1-6-23(4)29-28(33)25(7-2)30(21-19-24-15-9-8-10-16-24)27(32)18-13-20-31(36(5,34)35)26-17-12-11-14-22(26)3/h8-12,14-17,23,25H,6-7,13,18-21H2,1-5H3,(H,29,33). The van der Waals surface area contributed by atoms with Gasteiger partial charge in [0.05, 0.1) is 11.9 Å². The van der Waals surface area contributed by atoms with Gasteiger partial charge in [-0.2, -0.15) is 0 Å². The molecule has 8 heteroatoms. The van der Waals surface area contributed by atoms with E-state index in [-0.39, 0.29) is 30.8 Å². The molecule has 0 fully saturated rings. The summed E-state index contributed by atoms with van der Waals surface area (Å²) in [6.07, 6.45) is 3.63. The second-order valence-corrected chi connectivity index (χ2v) is 11.2. The third-order valence-corrected chi connectivity index (χ3v) is 7.59. The third-order valence-electron chi connectivity index (χ3n) is 6.41. The molecule has 2 aromatic rings. The Morgan fingerprint density at radius 1 is 0.944 bits per heavy atom. The van der Waals surface area contributed by atoms with E-state index in [1.165, 1.54) is 10.6 Å². The average Bonchev–Trinajstić information content (AvgIpc) is 2.84. The number of hydrogen-bond donors (Lipinski definition) is 1. The van der Waals surface area contributed by atoms with Crippen molar-refractivity contribution >= 4 is 27.5 Å². The lowest BCUT2D eigenvalue weighted by molar-refractivity contribution is -0.141. The van der Waals surface area contributed by atoms with Gasteiger partial charge in [-0.25, -0.2) is 8.42 Å². The first-order valence-electron chi connectivity index (χ1n) is 12.8. The van der Waals surface area contributed by atoms with E-state index in [9.17, 15) is 18.0 Å². The van der Waals surface area contributed by atoms with Crippen LogP contribution in [-0.4, -0.2) is 56.6 Å². The molecule has 0 aliphatic carbocycles. The lowest BCUT2D eigenvalue weighted by atomic mass is 10.1. The first-order valence-corrected chi connectivity index (χ1v) is 14.6. The van der Waals surface area contributed by atoms with Crippen LogP contribution in [0.5, 0.6) is 0 Å². The molecule has 0 heterocycles. The average molecular weight is 516 g/mol. The monoisotopic (exact) mass is 515 g/mol. The number of nitrogens with one attached hydrogen (secondary N) is 1. The van der Waals surface area contributed by atoms with Crippen molar-refractivity contribution in [3.63, 3.8) is 0 Å². The van der Waals surface area contributed by atoms with Gasteiger partial charge in [-0.05, 0) is 56.7 Å². The molecule has 0 radical (unpaired) electrons. The van der Waals surface area contributed by atoms with Gasteiger partial charge in [-0.1, -0.05) is 62.4 Å². The molecular formula is C28H41N3O4S. The fraction of sp³-hybridized carbons (Fsp3) is 0.500. The Labute approximate surface area is 216 Å². The van der Waals surface area contributed by atoms with Crippen molar-refractivity contribution in [2.45, 2.75) is 71.9 Å². The van der Waals surface area contributed by atoms with Gasteiger partial charge in [0.25, 0.3) is 0 Å². The Morgan fingerprint density at radius 2 is 1.58 bits per heavy atom. The second-order valence-electron chi connectivity index (χ2n) is 9.29. The first-order chi connectivity index (χ1) is 17.1. The summed E-state index contributed by atoms with van der Waals surface area (Å²) < 4.78 is 26.4. The van der Waals surface area contributed by atoms with Crippen LogP contribution in [0.25, 0.3) is 0 Å². The van der Waals surface area contributed by atoms with Gasteiger partial charge in [0.15, 0.2) is 0 Å². The van der Waals surface area contributed by atoms with E-state index in [0.717, 1.165) is 17.5 Å². The van der Waals surface area contributed by atoms with Crippen molar-refractivity contribution in [3.8, 4) is 0 Å². The van der Waals surface area contributed by atoms with Gasteiger partial charge >= 0.3 is 0 Å². The van der Waals surface area contributed by atoms with E-state index in [2.05, 4.69) is 5.32 Å². The summed E-state index contributed by atoms with van der Waals surface area (Å²) in [5.41, 5.74) is 2.56. The summed E-state index contributed by atoms with van der Waals surface area (Å²) in [5.74, 6) is -0.291. The molecule has 2 aromatic carbocycles. The van der Waals surface area contributed by atoms with Crippen LogP contribution in [0.3, 0.4) is 0 Å². The van der Waals surface area contributed by atoms with Crippen LogP contribution < -0.4 is 9.62 Å². The van der Waals surface area contributed by atoms with Crippen LogP contribution in [0.1, 0.15) is 57.6 Å². The van der Waals surface area contributed by atoms with Gasteiger partial charge in [0.1, 0.15) is 6.04 Å². The number of hydrogen-bond acceptors (Lipinski definition) is 4. The molecule has 0 aromatic heterocycles. The molecule has 2 rings (SSSR count). The van der Waals surface area contributed by atoms with E-state index in [1.54, 1.807) is 17.0 Å². The number of amides is 2. The van der Waals surface area contributed by atoms with Crippen LogP contribution >= 0.6 is 0 Å². The van der Waals surface area contributed by atoms with E-state index < -0.39 is 16.1 Å². The number of nitrogens with zero attached hydrogens (tertiary/aromatic N) is 2. The Bertz CT molecular complexity index is 1090. The molecule has 7 nitrogen and oxygen atoms in total. The van der Waals surface area contributed by atoms with Crippen molar-refractivity contribution in [2.24, 2.45) is 0 Å². The van der Waals surface area contributed by atoms with Crippen molar-refractivity contribution in [1.29, 1.82) is 0 Å². The Balaban J connectivity index is 2.17. The zero-order valence-electron chi connectivity index (χ0n) is 22.2. The van der Waals surface area contributed by atoms with Gasteiger partial charge in [-0.3, -0.25) is 13.9 Å². The molecule has 36 heavy (non-hydrogen) atoms. The van der Waals surface area contributed by atoms with Gasteiger partial charge in [0.2, 0.25) is 21.8 Å². The number of carbonyl (C=O) groups is 2. The summed E-state index contributed by atoms with van der Waals surface area (Å²) in [5, 5.41) is 3.02. The number of para-hydroxylation sites is 1. The summed E-state index contributed by atoms with van der Waals surface area (Å²) in [4.78, 5) is 28.2. The van der Waals surface area contributed by atoms with Crippen molar-refractivity contribution in [1.82, 2.24) is 10.2 Å². The van der Waals surface area contributed by atoms with Gasteiger partial charge < -0.3 is 10.2 Å². The normalized spacial score (nSPS) is 13.0. The molecule has 2 atom stereocenters. The van der Waals surface area contributed by atoms with Crippen LogP contribution in [0.4, 0.5) is 5.69 Å². The number of aryl methyl sites for hydroxylation is 1. The summed E-state index contributed by atoms with van der Waals surface area (Å²) in [6, 6.07) is 16.6. The zero-order chi connectivity index (χ0) is 26.7. The molecule has 0 aliphatic heterocycles. The van der Waals surface area contributed by atoms with Crippen LogP contribution in [-0.2, 0) is 26.0 Å². The van der Waals surface area contributed by atoms with E-state index >= 15 is 0 Å². The molecule has 0 bridgehead atoms. The minimum atomic E-state index is -3.51. The Kier molecular flexibility index (Phi) is 11.4. The van der Waals surface area contributed by atoms with E-state index in [1.807, 2.05) is 70.2 Å². The molecule has 0 aliphatic rings. The lowest BCUT2D eigenvalue weighted by Gasteiger charge is -2.32. The Morgan fingerprint density at radius 3 is 2.17 bits per heavy atom. The molecule has 2 amide bonds. The first kappa shape index (κ1) is 29.4. The topological polar surface area (TPSA) is 86.8 Å². The summed E-state index contributed by atoms with van der Waals surface area (Å²) in [7, 11) is -3.51. The highest BCUT2D eigenvalue weighted by Gasteiger charge is 2.29. The largest absolute Gasteiger partial charge is 0.352 e. The van der Waals surface area contributed by atoms with Crippen molar-refractivity contribution < 1.29 is 18.0 Å². The SMILES string of the molecule is CCC(C)NC(=O)C(CC)N(CCc1ccccc1)C(=O)CCCN(c1ccccc1C)S(C)(=O)=O. The maximum atomic E-state index is 13.4. The predicted octanol–water partition coefficient (Wildman–Crippen LogP) is 4.31. The number of carbonyl (C=O) groups excluding carboxylic acids is 2. The predicted molar refractivity (Wildman–Crippen MR) is 146 cm³/mol. The summed E-state index contributed by atoms with van der Waals surface area (Å²) >= 11 is 0. The number of anilines is 1. The second kappa shape index (κ2) is 14.0. The molecule has 0 spiro atoms. The fourth-order valence-electron chi connectivity index (χ4n) is 4.16. The minimum Gasteiger partial charge on any atom is -0.352 e. The third kappa shape index (κ3) is 8.66. The smallest absolute Gasteiger partial charge is 0.243 e. The highest BCUT2D eigenvalue weighted by atomic mass is 32.2. The highest BCUT2D eigenvalue weighted by Crippen LogP contribution is 2.23.